The first-order chi connectivity index (χ1) is 11.0. The molecule has 3 rings (SSSR count). The monoisotopic (exact) mass is 349 g/mol. The maximum atomic E-state index is 14.0. The van der Waals surface area contributed by atoms with E-state index in [1.165, 1.54) is 22.9 Å². The highest BCUT2D eigenvalue weighted by molar-refractivity contribution is 6.33. The predicted octanol–water partition coefficient (Wildman–Crippen LogP) is 4.16. The van der Waals surface area contributed by atoms with Crippen LogP contribution in [0.2, 0.25) is 10.0 Å². The van der Waals surface area contributed by atoms with E-state index in [-0.39, 0.29) is 28.0 Å². The van der Waals surface area contributed by atoms with Crippen LogP contribution < -0.4 is 0 Å². The molecule has 0 aliphatic heterocycles. The van der Waals surface area contributed by atoms with Gasteiger partial charge in [-0.1, -0.05) is 29.3 Å². The smallest absolute Gasteiger partial charge is 0.229 e. The predicted molar refractivity (Wildman–Crippen MR) is 86.3 cm³/mol. The third kappa shape index (κ3) is 2.98. The Morgan fingerprint density at radius 1 is 1.13 bits per heavy atom. The zero-order chi connectivity index (χ0) is 16.6. The number of aryl methyl sites for hydroxylation is 1. The quantitative estimate of drug-likeness (QED) is 0.667. The van der Waals surface area contributed by atoms with Gasteiger partial charge in [-0.05, 0) is 36.4 Å². The van der Waals surface area contributed by atoms with Crippen LogP contribution in [0.25, 0.3) is 11.4 Å². The lowest BCUT2D eigenvalue weighted by atomic mass is 10.1. The zero-order valence-corrected chi connectivity index (χ0v) is 13.4. The molecule has 0 spiro atoms. The number of hydrogen-bond acceptors (Lipinski definition) is 3. The number of nitrogens with zero attached hydrogens (tertiary/aromatic N) is 3. The molecule has 7 heteroatoms. The van der Waals surface area contributed by atoms with E-state index < -0.39 is 5.82 Å². The molecule has 0 radical (unpaired) electrons. The number of hydrogen-bond donors (Lipinski definition) is 0. The minimum atomic E-state index is -0.548. The van der Waals surface area contributed by atoms with Gasteiger partial charge in [0, 0.05) is 17.6 Å². The average molecular weight is 350 g/mol. The molecule has 23 heavy (non-hydrogen) atoms. The molecular weight excluding hydrogens is 340 g/mol. The molecule has 2 aromatic carbocycles. The normalized spacial score (nSPS) is 10.8. The first kappa shape index (κ1) is 15.6. The van der Waals surface area contributed by atoms with Gasteiger partial charge in [-0.3, -0.25) is 4.79 Å². The van der Waals surface area contributed by atoms with Crippen LogP contribution >= 0.6 is 23.2 Å². The van der Waals surface area contributed by atoms with Gasteiger partial charge in [0.05, 0.1) is 10.6 Å². The third-order valence-electron chi connectivity index (χ3n) is 3.26. The van der Waals surface area contributed by atoms with Crippen LogP contribution in [0.15, 0.2) is 42.5 Å². The van der Waals surface area contributed by atoms with E-state index in [9.17, 15) is 9.18 Å². The summed E-state index contributed by atoms with van der Waals surface area (Å²) in [4.78, 5) is 16.6. The molecule has 4 nitrogen and oxygen atoms in total. The number of rotatable bonds is 3. The summed E-state index contributed by atoms with van der Waals surface area (Å²) >= 11 is 11.8. The minimum absolute atomic E-state index is 0.0629. The molecule has 3 aromatic rings. The lowest BCUT2D eigenvalue weighted by molar-refractivity contribution is 0.102. The van der Waals surface area contributed by atoms with Gasteiger partial charge in [-0.25, -0.2) is 14.1 Å². The van der Waals surface area contributed by atoms with E-state index in [0.717, 1.165) is 0 Å². The average Bonchev–Trinajstić information content (AvgIpc) is 2.89. The molecule has 1 aromatic heterocycles. The van der Waals surface area contributed by atoms with Crippen LogP contribution in [0.4, 0.5) is 4.39 Å². The zero-order valence-electron chi connectivity index (χ0n) is 11.9. The standard InChI is InChI=1S/C16H10Cl2FN3O/c1-22-16(14(23)9-5-7-10(17)8-6-9)20-15(21-22)13-11(18)3-2-4-12(13)19/h2-8H,1H3. The molecule has 0 bridgehead atoms. The first-order valence-electron chi connectivity index (χ1n) is 6.63. The SMILES string of the molecule is Cn1nc(-c2c(F)cccc2Cl)nc1C(=O)c1ccc(Cl)cc1. The second-order valence-corrected chi connectivity index (χ2v) is 5.66. The van der Waals surface area contributed by atoms with Crippen molar-refractivity contribution in [3.8, 4) is 11.4 Å². The molecular formula is C16H10Cl2FN3O. The molecule has 0 aliphatic rings. The molecule has 0 atom stereocenters. The fourth-order valence-electron chi connectivity index (χ4n) is 2.13. The number of carbonyl (C=O) groups excluding carboxylic acids is 1. The summed E-state index contributed by atoms with van der Waals surface area (Å²) in [5, 5.41) is 4.81. The summed E-state index contributed by atoms with van der Waals surface area (Å²) in [6, 6.07) is 10.7. The van der Waals surface area contributed by atoms with Crippen molar-refractivity contribution in [2.45, 2.75) is 0 Å². The number of aromatic nitrogens is 3. The Kier molecular flexibility index (Phi) is 4.15. The maximum Gasteiger partial charge on any atom is 0.229 e. The van der Waals surface area contributed by atoms with Crippen molar-refractivity contribution in [2.24, 2.45) is 7.05 Å². The fourth-order valence-corrected chi connectivity index (χ4v) is 2.50. The summed E-state index contributed by atoms with van der Waals surface area (Å²) in [6.07, 6.45) is 0. The third-order valence-corrected chi connectivity index (χ3v) is 3.83. The fraction of sp³-hybridized carbons (Fsp3) is 0.0625. The maximum absolute atomic E-state index is 14.0. The van der Waals surface area contributed by atoms with Gasteiger partial charge in [0.25, 0.3) is 0 Å². The van der Waals surface area contributed by atoms with Crippen LogP contribution in [-0.2, 0) is 7.05 Å². The summed E-state index contributed by atoms with van der Waals surface area (Å²) < 4.78 is 15.3. The van der Waals surface area contributed by atoms with Gasteiger partial charge >= 0.3 is 0 Å². The Hall–Kier alpha value is -2.24. The minimum Gasteiger partial charge on any atom is -0.285 e. The highest BCUT2D eigenvalue weighted by Gasteiger charge is 2.21. The second-order valence-electron chi connectivity index (χ2n) is 4.82. The summed E-state index contributed by atoms with van der Waals surface area (Å²) in [5.74, 6) is -0.737. The van der Waals surface area contributed by atoms with E-state index >= 15 is 0 Å². The highest BCUT2D eigenvalue weighted by atomic mass is 35.5. The largest absolute Gasteiger partial charge is 0.285 e. The van der Waals surface area contributed by atoms with Crippen molar-refractivity contribution in [1.82, 2.24) is 14.8 Å². The van der Waals surface area contributed by atoms with Crippen molar-refractivity contribution in [3.63, 3.8) is 0 Å². The van der Waals surface area contributed by atoms with Gasteiger partial charge in [-0.2, -0.15) is 5.10 Å². The van der Waals surface area contributed by atoms with Crippen molar-refractivity contribution < 1.29 is 9.18 Å². The van der Waals surface area contributed by atoms with Crippen molar-refractivity contribution in [1.29, 1.82) is 0 Å². The Bertz CT molecular complexity index is 871. The van der Waals surface area contributed by atoms with Gasteiger partial charge in [0.2, 0.25) is 5.78 Å². The Balaban J connectivity index is 2.05. The van der Waals surface area contributed by atoms with E-state index in [2.05, 4.69) is 10.1 Å². The molecule has 0 fully saturated rings. The second kappa shape index (κ2) is 6.10. The van der Waals surface area contributed by atoms with E-state index in [1.54, 1.807) is 31.3 Å². The Morgan fingerprint density at radius 3 is 2.48 bits per heavy atom. The van der Waals surface area contributed by atoms with E-state index in [1.807, 2.05) is 0 Å². The summed E-state index contributed by atoms with van der Waals surface area (Å²) in [6.45, 7) is 0. The summed E-state index contributed by atoms with van der Waals surface area (Å²) in [7, 11) is 1.56. The van der Waals surface area contributed by atoms with Crippen molar-refractivity contribution in [3.05, 3.63) is 69.7 Å². The number of ketones is 1. The Morgan fingerprint density at radius 2 is 1.83 bits per heavy atom. The molecule has 0 amide bonds. The van der Waals surface area contributed by atoms with Crippen molar-refractivity contribution in [2.75, 3.05) is 0 Å². The van der Waals surface area contributed by atoms with Crippen LogP contribution in [0.1, 0.15) is 16.2 Å². The lowest BCUT2D eigenvalue weighted by Crippen LogP contribution is -2.09. The van der Waals surface area contributed by atoms with Crippen LogP contribution in [-0.4, -0.2) is 20.5 Å². The van der Waals surface area contributed by atoms with Gasteiger partial charge in [0.1, 0.15) is 5.82 Å². The lowest BCUT2D eigenvalue weighted by Gasteiger charge is -2.00. The first-order valence-corrected chi connectivity index (χ1v) is 7.38. The van der Waals surface area contributed by atoms with Crippen molar-refractivity contribution >= 4 is 29.0 Å². The molecule has 116 valence electrons. The molecule has 0 aliphatic carbocycles. The number of benzene rings is 2. The van der Waals surface area contributed by atoms with Crippen LogP contribution in [0.5, 0.6) is 0 Å². The Labute approximate surface area is 141 Å². The molecule has 0 N–H and O–H groups in total. The number of carbonyl (C=O) groups is 1. The highest BCUT2D eigenvalue weighted by Crippen LogP contribution is 2.28. The number of halogens is 3. The van der Waals surface area contributed by atoms with Crippen LogP contribution in [0, 0.1) is 5.82 Å². The molecule has 0 unspecified atom stereocenters. The van der Waals surface area contributed by atoms with E-state index in [0.29, 0.717) is 10.6 Å². The molecule has 1 heterocycles. The topological polar surface area (TPSA) is 47.8 Å². The van der Waals surface area contributed by atoms with Gasteiger partial charge in [-0.15, -0.1) is 0 Å². The van der Waals surface area contributed by atoms with Gasteiger partial charge in [0.15, 0.2) is 11.6 Å². The van der Waals surface area contributed by atoms with Crippen LogP contribution in [0.3, 0.4) is 0 Å². The summed E-state index contributed by atoms with van der Waals surface area (Å²) in [5.41, 5.74) is 0.482. The van der Waals surface area contributed by atoms with Gasteiger partial charge < -0.3 is 0 Å². The van der Waals surface area contributed by atoms with E-state index in [4.69, 9.17) is 23.2 Å². The molecule has 0 saturated heterocycles. The molecule has 0 saturated carbocycles.